The lowest BCUT2D eigenvalue weighted by Gasteiger charge is -2.26. The third kappa shape index (κ3) is 3.32. The summed E-state index contributed by atoms with van der Waals surface area (Å²) in [7, 11) is 0. The molecule has 0 bridgehead atoms. The molecule has 0 radical (unpaired) electrons. The second-order valence-electron chi connectivity index (χ2n) is 6.28. The molecule has 4 rings (SSSR count). The number of aryl methyl sites for hydroxylation is 1. The van der Waals surface area contributed by atoms with Gasteiger partial charge in [0.15, 0.2) is 0 Å². The summed E-state index contributed by atoms with van der Waals surface area (Å²) < 4.78 is 45.8. The second kappa shape index (κ2) is 6.65. The number of amides is 1. The third-order valence-electron chi connectivity index (χ3n) is 4.47. The van der Waals surface area contributed by atoms with Crippen molar-refractivity contribution < 1.29 is 22.7 Å². The van der Waals surface area contributed by atoms with Crippen LogP contribution in [0.15, 0.2) is 30.3 Å². The van der Waals surface area contributed by atoms with Crippen LogP contribution in [0.1, 0.15) is 20.9 Å². The van der Waals surface area contributed by atoms with E-state index in [4.69, 9.17) is 4.74 Å². The zero-order valence-corrected chi connectivity index (χ0v) is 15.2. The number of alkyl halides is 3. The van der Waals surface area contributed by atoms with Crippen molar-refractivity contribution in [1.29, 1.82) is 0 Å². The summed E-state index contributed by atoms with van der Waals surface area (Å²) in [4.78, 5) is 15.6. The Balaban J connectivity index is 1.75. The molecule has 27 heavy (non-hydrogen) atoms. The van der Waals surface area contributed by atoms with Crippen molar-refractivity contribution in [2.45, 2.75) is 13.1 Å². The van der Waals surface area contributed by atoms with Crippen LogP contribution in [0.2, 0.25) is 0 Å². The highest BCUT2D eigenvalue weighted by molar-refractivity contribution is 7.20. The van der Waals surface area contributed by atoms with Crippen molar-refractivity contribution in [2.75, 3.05) is 26.3 Å². The van der Waals surface area contributed by atoms with E-state index >= 15 is 0 Å². The Bertz CT molecular complexity index is 1000. The minimum absolute atomic E-state index is 0.0884. The molecule has 3 heterocycles. The van der Waals surface area contributed by atoms with Gasteiger partial charge in [0.1, 0.15) is 4.83 Å². The number of carbonyl (C=O) groups is 1. The van der Waals surface area contributed by atoms with Gasteiger partial charge < -0.3 is 9.64 Å². The van der Waals surface area contributed by atoms with E-state index < -0.39 is 11.7 Å². The van der Waals surface area contributed by atoms with Crippen molar-refractivity contribution in [3.8, 4) is 5.69 Å². The van der Waals surface area contributed by atoms with Crippen LogP contribution >= 0.6 is 11.3 Å². The first kappa shape index (κ1) is 18.0. The van der Waals surface area contributed by atoms with E-state index in [9.17, 15) is 18.0 Å². The van der Waals surface area contributed by atoms with Crippen LogP contribution in [0, 0.1) is 6.92 Å². The fraction of sp³-hybridized carbons (Fsp3) is 0.333. The van der Waals surface area contributed by atoms with E-state index in [1.165, 1.54) is 22.1 Å². The topological polar surface area (TPSA) is 47.4 Å². The smallest absolute Gasteiger partial charge is 0.378 e. The van der Waals surface area contributed by atoms with Gasteiger partial charge in [-0.2, -0.15) is 18.3 Å². The Morgan fingerprint density at radius 2 is 1.96 bits per heavy atom. The van der Waals surface area contributed by atoms with Gasteiger partial charge in [-0.1, -0.05) is 6.07 Å². The number of ether oxygens (including phenoxy) is 1. The SMILES string of the molecule is Cc1nn(-c2cccc(C(F)(F)F)c2)c2sc(C(=O)N3CCOCC3)cc12. The predicted molar refractivity (Wildman–Crippen MR) is 95.4 cm³/mol. The number of carbonyl (C=O) groups excluding carboxylic acids is 1. The lowest BCUT2D eigenvalue weighted by Crippen LogP contribution is -2.40. The highest BCUT2D eigenvalue weighted by Gasteiger charge is 2.31. The van der Waals surface area contributed by atoms with Crippen molar-refractivity contribution >= 4 is 27.5 Å². The number of thiophene rings is 1. The predicted octanol–water partition coefficient (Wildman–Crippen LogP) is 3.89. The Morgan fingerprint density at radius 1 is 1.22 bits per heavy atom. The molecule has 1 amide bonds. The number of halogens is 3. The molecule has 142 valence electrons. The first-order valence-corrected chi connectivity index (χ1v) is 9.20. The Hall–Kier alpha value is -2.39. The first-order valence-electron chi connectivity index (χ1n) is 8.38. The molecule has 3 aromatic rings. The number of fused-ring (bicyclic) bond motifs is 1. The average molecular weight is 395 g/mol. The summed E-state index contributed by atoms with van der Waals surface area (Å²) in [6.07, 6.45) is -4.43. The Morgan fingerprint density at radius 3 is 2.67 bits per heavy atom. The fourth-order valence-corrected chi connectivity index (χ4v) is 4.21. The van der Waals surface area contributed by atoms with E-state index in [1.54, 1.807) is 24.0 Å². The maximum absolute atomic E-state index is 13.0. The highest BCUT2D eigenvalue weighted by atomic mass is 32.1. The standard InChI is InChI=1S/C18H16F3N3O2S/c1-11-14-10-15(16(25)23-5-7-26-8-6-23)27-17(14)24(22-11)13-4-2-3-12(9-13)18(19,20)21/h2-4,9-10H,5-8H2,1H3. The van der Waals surface area contributed by atoms with Gasteiger partial charge in [-0.25, -0.2) is 4.68 Å². The molecular weight excluding hydrogens is 379 g/mol. The van der Waals surface area contributed by atoms with E-state index in [0.29, 0.717) is 47.4 Å². The molecule has 0 N–H and O–H groups in total. The maximum Gasteiger partial charge on any atom is 0.416 e. The van der Waals surface area contributed by atoms with E-state index in [2.05, 4.69) is 5.10 Å². The summed E-state index contributed by atoms with van der Waals surface area (Å²) in [5.41, 5.74) is 0.248. The third-order valence-corrected chi connectivity index (χ3v) is 5.57. The quantitative estimate of drug-likeness (QED) is 0.662. The summed E-state index contributed by atoms with van der Waals surface area (Å²) in [5.74, 6) is -0.0884. The minimum Gasteiger partial charge on any atom is -0.378 e. The molecular formula is C18H16F3N3O2S. The van der Waals surface area contributed by atoms with Gasteiger partial charge in [-0.05, 0) is 31.2 Å². The number of hydrogen-bond acceptors (Lipinski definition) is 4. The number of morpholine rings is 1. The molecule has 1 saturated heterocycles. The molecule has 2 aromatic heterocycles. The summed E-state index contributed by atoms with van der Waals surface area (Å²) in [6.45, 7) is 3.86. The van der Waals surface area contributed by atoms with E-state index in [0.717, 1.165) is 17.5 Å². The van der Waals surface area contributed by atoms with Crippen LogP contribution in [0.5, 0.6) is 0 Å². The molecule has 0 saturated carbocycles. The van der Waals surface area contributed by atoms with Crippen LogP contribution in [0.4, 0.5) is 13.2 Å². The Labute approximate surface area is 156 Å². The largest absolute Gasteiger partial charge is 0.416 e. The van der Waals surface area contributed by atoms with Gasteiger partial charge in [0.25, 0.3) is 5.91 Å². The van der Waals surface area contributed by atoms with Crippen LogP contribution in [0.25, 0.3) is 15.9 Å². The number of rotatable bonds is 2. The molecule has 5 nitrogen and oxygen atoms in total. The summed E-state index contributed by atoms with van der Waals surface area (Å²) >= 11 is 1.24. The molecule has 0 aliphatic carbocycles. The molecule has 1 aliphatic rings. The summed E-state index contributed by atoms with van der Waals surface area (Å²) in [5, 5.41) is 5.14. The number of benzene rings is 1. The van der Waals surface area contributed by atoms with Gasteiger partial charge in [-0.3, -0.25) is 4.79 Å². The molecule has 0 atom stereocenters. The van der Waals surface area contributed by atoms with Gasteiger partial charge in [0, 0.05) is 18.5 Å². The monoisotopic (exact) mass is 395 g/mol. The maximum atomic E-state index is 13.0. The minimum atomic E-state index is -4.43. The lowest BCUT2D eigenvalue weighted by molar-refractivity contribution is -0.137. The van der Waals surface area contributed by atoms with Crippen molar-refractivity contribution in [2.24, 2.45) is 0 Å². The normalized spacial score (nSPS) is 15.5. The van der Waals surface area contributed by atoms with Gasteiger partial charge >= 0.3 is 6.18 Å². The molecule has 1 fully saturated rings. The van der Waals surface area contributed by atoms with Gasteiger partial charge in [0.05, 0.1) is 35.0 Å². The number of hydrogen-bond donors (Lipinski definition) is 0. The lowest BCUT2D eigenvalue weighted by atomic mass is 10.2. The van der Waals surface area contributed by atoms with Crippen LogP contribution in [-0.4, -0.2) is 46.9 Å². The van der Waals surface area contributed by atoms with Crippen LogP contribution in [-0.2, 0) is 10.9 Å². The first-order chi connectivity index (χ1) is 12.8. The van der Waals surface area contributed by atoms with Gasteiger partial charge in [-0.15, -0.1) is 11.3 Å². The zero-order chi connectivity index (χ0) is 19.2. The van der Waals surface area contributed by atoms with Crippen LogP contribution in [0.3, 0.4) is 0 Å². The molecule has 1 aliphatic heterocycles. The van der Waals surface area contributed by atoms with Crippen molar-refractivity contribution in [3.05, 3.63) is 46.5 Å². The number of nitrogens with zero attached hydrogens (tertiary/aromatic N) is 3. The van der Waals surface area contributed by atoms with E-state index in [1.807, 2.05) is 0 Å². The highest BCUT2D eigenvalue weighted by Crippen LogP contribution is 2.34. The van der Waals surface area contributed by atoms with Gasteiger partial charge in [0.2, 0.25) is 0 Å². The average Bonchev–Trinajstić information content (AvgIpc) is 3.22. The van der Waals surface area contributed by atoms with Crippen molar-refractivity contribution in [1.82, 2.24) is 14.7 Å². The second-order valence-corrected chi connectivity index (χ2v) is 7.31. The summed E-state index contributed by atoms with van der Waals surface area (Å²) in [6, 6.07) is 6.79. The van der Waals surface area contributed by atoms with Crippen LogP contribution < -0.4 is 0 Å². The van der Waals surface area contributed by atoms with Crippen molar-refractivity contribution in [3.63, 3.8) is 0 Å². The fourth-order valence-electron chi connectivity index (χ4n) is 3.06. The molecule has 0 spiro atoms. The molecule has 9 heteroatoms. The Kier molecular flexibility index (Phi) is 4.43. The number of aromatic nitrogens is 2. The molecule has 0 unspecified atom stereocenters. The molecule has 1 aromatic carbocycles. The zero-order valence-electron chi connectivity index (χ0n) is 14.4. The van der Waals surface area contributed by atoms with E-state index in [-0.39, 0.29) is 5.91 Å².